The van der Waals surface area contributed by atoms with Crippen LogP contribution < -0.4 is 5.32 Å². The molecule has 1 amide bonds. The van der Waals surface area contributed by atoms with Crippen LogP contribution in [0.2, 0.25) is 0 Å². The minimum Gasteiger partial charge on any atom is -0.445 e. The Kier molecular flexibility index (Phi) is 11.0. The van der Waals surface area contributed by atoms with E-state index in [4.69, 9.17) is 4.74 Å². The Morgan fingerprint density at radius 2 is 1.57 bits per heavy atom. The van der Waals surface area contributed by atoms with Crippen molar-refractivity contribution < 1.29 is 9.53 Å². The van der Waals surface area contributed by atoms with E-state index in [1.807, 2.05) is 30.3 Å². The molecule has 164 valence electrons. The highest BCUT2D eigenvalue weighted by atomic mass is 16.6. The van der Waals surface area contributed by atoms with E-state index in [1.54, 1.807) is 11.9 Å². The second kappa shape index (κ2) is 13.8. The second-order valence-electron chi connectivity index (χ2n) is 7.85. The Balaban J connectivity index is 1.59. The molecule has 2 rings (SSSR count). The van der Waals surface area contributed by atoms with Gasteiger partial charge in [-0.25, -0.2) is 4.79 Å². The van der Waals surface area contributed by atoms with Gasteiger partial charge in [-0.1, -0.05) is 67.6 Å². The fourth-order valence-electron chi connectivity index (χ4n) is 3.26. The van der Waals surface area contributed by atoms with Gasteiger partial charge in [0.05, 0.1) is 0 Å². The Bertz CT molecular complexity index is 709. The van der Waals surface area contributed by atoms with Crippen LogP contribution in [0, 0.1) is 0 Å². The fraction of sp³-hybridized carbons (Fsp3) is 0.480. The lowest BCUT2D eigenvalue weighted by Crippen LogP contribution is -2.39. The third kappa shape index (κ3) is 9.42. The fourth-order valence-corrected chi connectivity index (χ4v) is 3.26. The molecule has 2 aromatic rings. The van der Waals surface area contributed by atoms with Crippen LogP contribution in [0.3, 0.4) is 0 Å². The van der Waals surface area contributed by atoms with Gasteiger partial charge < -0.3 is 19.9 Å². The van der Waals surface area contributed by atoms with Crippen molar-refractivity contribution in [3.63, 3.8) is 0 Å². The maximum Gasteiger partial charge on any atom is 0.409 e. The summed E-state index contributed by atoms with van der Waals surface area (Å²) in [6.07, 6.45) is 2.76. The van der Waals surface area contributed by atoms with Crippen molar-refractivity contribution in [1.82, 2.24) is 15.1 Å². The number of carbonyl (C=O) groups is 1. The van der Waals surface area contributed by atoms with Crippen LogP contribution in [0.4, 0.5) is 4.79 Å². The summed E-state index contributed by atoms with van der Waals surface area (Å²) in [6.45, 7) is 6.20. The van der Waals surface area contributed by atoms with E-state index in [2.05, 4.69) is 54.5 Å². The topological polar surface area (TPSA) is 44.8 Å². The Hall–Kier alpha value is -2.37. The number of carbonyl (C=O) groups excluding carboxylic acids is 1. The molecule has 1 N–H and O–H groups in total. The molecule has 0 radical (unpaired) electrons. The zero-order valence-corrected chi connectivity index (χ0v) is 18.7. The minimum absolute atomic E-state index is 0.269. The molecule has 30 heavy (non-hydrogen) atoms. The lowest BCUT2D eigenvalue weighted by molar-refractivity contribution is 0.103. The molecule has 5 nitrogen and oxygen atoms in total. The number of rotatable bonds is 13. The first-order valence-electron chi connectivity index (χ1n) is 11.0. The van der Waals surface area contributed by atoms with E-state index in [1.165, 1.54) is 5.56 Å². The molecule has 0 saturated heterocycles. The molecule has 0 aliphatic carbocycles. The number of hydrogen-bond acceptors (Lipinski definition) is 4. The van der Waals surface area contributed by atoms with Crippen molar-refractivity contribution in [2.45, 2.75) is 38.8 Å². The summed E-state index contributed by atoms with van der Waals surface area (Å²) in [5, 5.41) is 3.63. The Morgan fingerprint density at radius 1 is 0.933 bits per heavy atom. The molecule has 0 fully saturated rings. The number of nitrogens with one attached hydrogen (secondary N) is 1. The number of nitrogens with zero attached hydrogens (tertiary/aromatic N) is 2. The zero-order chi connectivity index (χ0) is 21.6. The highest BCUT2D eigenvalue weighted by molar-refractivity contribution is 5.67. The highest BCUT2D eigenvalue weighted by Gasteiger charge is 2.13. The first-order valence-corrected chi connectivity index (χ1v) is 11.0. The molecule has 2 aromatic carbocycles. The third-order valence-corrected chi connectivity index (χ3v) is 5.37. The number of amides is 1. The van der Waals surface area contributed by atoms with Crippen molar-refractivity contribution in [1.29, 1.82) is 0 Å². The van der Waals surface area contributed by atoms with Gasteiger partial charge in [0.25, 0.3) is 0 Å². The van der Waals surface area contributed by atoms with Crippen LogP contribution in [0.25, 0.3) is 0 Å². The SMILES string of the molecule is CCC(CCN(C)C(=O)OCc1ccccc1)NCCN(C)CCc1ccccc1. The van der Waals surface area contributed by atoms with E-state index in [0.717, 1.165) is 44.5 Å². The lowest BCUT2D eigenvalue weighted by Gasteiger charge is -2.23. The van der Waals surface area contributed by atoms with Crippen molar-refractivity contribution >= 4 is 6.09 Å². The largest absolute Gasteiger partial charge is 0.445 e. The van der Waals surface area contributed by atoms with Crippen molar-refractivity contribution in [3.05, 3.63) is 71.8 Å². The number of ether oxygens (including phenoxy) is 1. The van der Waals surface area contributed by atoms with Gasteiger partial charge in [-0.05, 0) is 37.4 Å². The summed E-state index contributed by atoms with van der Waals surface area (Å²) in [6, 6.07) is 20.8. The van der Waals surface area contributed by atoms with Crippen LogP contribution in [0.1, 0.15) is 30.9 Å². The van der Waals surface area contributed by atoms with Crippen molar-refractivity contribution in [2.75, 3.05) is 40.3 Å². The van der Waals surface area contributed by atoms with Gasteiger partial charge in [0.2, 0.25) is 0 Å². The van der Waals surface area contributed by atoms with Gasteiger partial charge in [0.15, 0.2) is 0 Å². The average Bonchev–Trinajstić information content (AvgIpc) is 2.79. The van der Waals surface area contributed by atoms with E-state index >= 15 is 0 Å². The average molecular weight is 412 g/mol. The summed E-state index contributed by atoms with van der Waals surface area (Å²) in [7, 11) is 3.97. The lowest BCUT2D eigenvalue weighted by atomic mass is 10.1. The standard InChI is InChI=1S/C25H37N3O2/c1-4-24(26-17-20-27(2)18-15-22-11-7-5-8-12-22)16-19-28(3)25(29)30-21-23-13-9-6-10-14-23/h5-14,24,26H,4,15-21H2,1-3H3. The van der Waals surface area contributed by atoms with E-state index in [9.17, 15) is 4.79 Å². The third-order valence-electron chi connectivity index (χ3n) is 5.37. The van der Waals surface area contributed by atoms with E-state index < -0.39 is 0 Å². The first kappa shape index (κ1) is 23.9. The van der Waals surface area contributed by atoms with Gasteiger partial charge in [-0.3, -0.25) is 0 Å². The molecule has 1 atom stereocenters. The molecule has 5 heteroatoms. The van der Waals surface area contributed by atoms with E-state index in [0.29, 0.717) is 19.2 Å². The van der Waals surface area contributed by atoms with Crippen LogP contribution in [0.5, 0.6) is 0 Å². The molecule has 0 aliphatic rings. The number of likely N-dealkylation sites (N-methyl/N-ethyl adjacent to an activating group) is 1. The van der Waals surface area contributed by atoms with Gasteiger partial charge in [0, 0.05) is 39.3 Å². The highest BCUT2D eigenvalue weighted by Crippen LogP contribution is 2.05. The van der Waals surface area contributed by atoms with Crippen molar-refractivity contribution in [2.24, 2.45) is 0 Å². The summed E-state index contributed by atoms with van der Waals surface area (Å²) in [5.74, 6) is 0. The first-order chi connectivity index (χ1) is 14.6. The Morgan fingerprint density at radius 3 is 2.20 bits per heavy atom. The molecule has 1 unspecified atom stereocenters. The van der Waals surface area contributed by atoms with Gasteiger partial charge in [-0.15, -0.1) is 0 Å². The minimum atomic E-state index is -0.269. The molecule has 0 bridgehead atoms. The molecular formula is C25H37N3O2. The molecular weight excluding hydrogens is 374 g/mol. The van der Waals surface area contributed by atoms with Crippen molar-refractivity contribution in [3.8, 4) is 0 Å². The molecule has 0 heterocycles. The van der Waals surface area contributed by atoms with Crippen LogP contribution in [-0.4, -0.2) is 62.2 Å². The molecule has 0 spiro atoms. The van der Waals surface area contributed by atoms with Crippen LogP contribution in [-0.2, 0) is 17.8 Å². The maximum atomic E-state index is 12.2. The monoisotopic (exact) mass is 411 g/mol. The predicted octanol–water partition coefficient (Wildman–Crippen LogP) is 4.19. The normalized spacial score (nSPS) is 12.0. The predicted molar refractivity (Wildman–Crippen MR) is 124 cm³/mol. The summed E-state index contributed by atoms with van der Waals surface area (Å²) < 4.78 is 5.39. The quantitative estimate of drug-likeness (QED) is 0.537. The van der Waals surface area contributed by atoms with Crippen LogP contribution in [0.15, 0.2) is 60.7 Å². The molecule has 0 saturated carbocycles. The summed E-state index contributed by atoms with van der Waals surface area (Å²) >= 11 is 0. The summed E-state index contributed by atoms with van der Waals surface area (Å²) in [4.78, 5) is 16.2. The number of hydrogen-bond donors (Lipinski definition) is 1. The molecule has 0 aromatic heterocycles. The smallest absolute Gasteiger partial charge is 0.409 e. The number of benzene rings is 2. The molecule has 0 aliphatic heterocycles. The van der Waals surface area contributed by atoms with E-state index in [-0.39, 0.29) is 6.09 Å². The van der Waals surface area contributed by atoms with Gasteiger partial charge in [0.1, 0.15) is 6.61 Å². The zero-order valence-electron chi connectivity index (χ0n) is 18.7. The van der Waals surface area contributed by atoms with Crippen LogP contribution >= 0.6 is 0 Å². The Labute approximate surface area is 182 Å². The van der Waals surface area contributed by atoms with Gasteiger partial charge >= 0.3 is 6.09 Å². The second-order valence-corrected chi connectivity index (χ2v) is 7.85. The summed E-state index contributed by atoms with van der Waals surface area (Å²) in [5.41, 5.74) is 2.38. The van der Waals surface area contributed by atoms with Gasteiger partial charge in [-0.2, -0.15) is 0 Å². The maximum absolute atomic E-state index is 12.2.